The fourth-order valence-electron chi connectivity index (χ4n) is 2.34. The van der Waals surface area contributed by atoms with Gasteiger partial charge in [-0.15, -0.1) is 0 Å². The molecule has 2 rings (SSSR count). The third kappa shape index (κ3) is 2.02. The second-order valence-electron chi connectivity index (χ2n) is 4.21. The van der Waals surface area contributed by atoms with Gasteiger partial charge >= 0.3 is 0 Å². The van der Waals surface area contributed by atoms with E-state index in [0.717, 1.165) is 5.69 Å². The molecule has 0 aliphatic carbocycles. The van der Waals surface area contributed by atoms with E-state index in [2.05, 4.69) is 0 Å². The van der Waals surface area contributed by atoms with E-state index >= 15 is 0 Å². The van der Waals surface area contributed by atoms with Crippen LogP contribution in [0.1, 0.15) is 30.1 Å². The monoisotopic (exact) mass is 232 g/mol. The van der Waals surface area contributed by atoms with Gasteiger partial charge in [-0.3, -0.25) is 9.59 Å². The van der Waals surface area contributed by atoms with Gasteiger partial charge in [0.25, 0.3) is 0 Å². The molecular weight excluding hydrogens is 216 g/mol. The van der Waals surface area contributed by atoms with Crippen LogP contribution in [0.5, 0.6) is 0 Å². The summed E-state index contributed by atoms with van der Waals surface area (Å²) in [4.78, 5) is 25.1. The lowest BCUT2D eigenvalue weighted by molar-refractivity contribution is -0.119. The van der Waals surface area contributed by atoms with Crippen LogP contribution >= 0.6 is 0 Å². The summed E-state index contributed by atoms with van der Waals surface area (Å²) in [6.07, 6.45) is 1.10. The van der Waals surface area contributed by atoms with Gasteiger partial charge in [0, 0.05) is 24.2 Å². The number of carbonyl (C=O) groups is 2. The molecule has 1 aliphatic heterocycles. The number of nitrogens with two attached hydrogens (primary N) is 1. The summed E-state index contributed by atoms with van der Waals surface area (Å²) in [5.74, 6) is -0.201. The first-order chi connectivity index (χ1) is 8.15. The Bertz CT molecular complexity index is 456. The minimum Gasteiger partial charge on any atom is -0.368 e. The predicted molar refractivity (Wildman–Crippen MR) is 66.0 cm³/mol. The number of benzene rings is 1. The van der Waals surface area contributed by atoms with Crippen molar-refractivity contribution in [3.05, 3.63) is 29.8 Å². The van der Waals surface area contributed by atoms with Gasteiger partial charge in [0.2, 0.25) is 5.91 Å². The number of primary amides is 1. The summed E-state index contributed by atoms with van der Waals surface area (Å²) in [6.45, 7) is 2.49. The van der Waals surface area contributed by atoms with E-state index < -0.39 is 0 Å². The molecule has 0 saturated heterocycles. The second kappa shape index (κ2) is 4.57. The van der Waals surface area contributed by atoms with Gasteiger partial charge in [0.05, 0.1) is 0 Å². The van der Waals surface area contributed by atoms with Crippen molar-refractivity contribution in [1.82, 2.24) is 0 Å². The van der Waals surface area contributed by atoms with Gasteiger partial charge in [-0.25, -0.2) is 0 Å². The highest BCUT2D eigenvalue weighted by Crippen LogP contribution is 2.29. The molecule has 2 N–H and O–H groups in total. The molecule has 1 aromatic rings. The van der Waals surface area contributed by atoms with Crippen LogP contribution < -0.4 is 10.6 Å². The van der Waals surface area contributed by atoms with E-state index in [9.17, 15) is 9.59 Å². The van der Waals surface area contributed by atoms with Gasteiger partial charge in [-0.1, -0.05) is 19.1 Å². The molecule has 0 bridgehead atoms. The van der Waals surface area contributed by atoms with Gasteiger partial charge in [0.1, 0.15) is 6.04 Å². The summed E-state index contributed by atoms with van der Waals surface area (Å²) in [5.41, 5.74) is 6.93. The number of ketones is 1. The Morgan fingerprint density at radius 3 is 2.82 bits per heavy atom. The van der Waals surface area contributed by atoms with Crippen molar-refractivity contribution in [2.24, 2.45) is 5.73 Å². The number of rotatable bonds is 3. The number of hydrogen-bond acceptors (Lipinski definition) is 3. The molecule has 0 fully saturated rings. The highest BCUT2D eigenvalue weighted by Gasteiger charge is 2.29. The zero-order valence-corrected chi connectivity index (χ0v) is 9.85. The smallest absolute Gasteiger partial charge is 0.240 e. The summed E-state index contributed by atoms with van der Waals surface area (Å²) < 4.78 is 0. The Morgan fingerprint density at radius 2 is 2.18 bits per heavy atom. The van der Waals surface area contributed by atoms with Crippen molar-refractivity contribution in [3.8, 4) is 0 Å². The third-order valence-electron chi connectivity index (χ3n) is 3.19. The maximum absolute atomic E-state index is 11.8. The van der Waals surface area contributed by atoms with Crippen molar-refractivity contribution >= 4 is 17.4 Å². The highest BCUT2D eigenvalue weighted by atomic mass is 16.1. The van der Waals surface area contributed by atoms with E-state index in [1.54, 1.807) is 6.07 Å². The van der Waals surface area contributed by atoms with Crippen LogP contribution in [0.4, 0.5) is 5.69 Å². The Morgan fingerprint density at radius 1 is 1.47 bits per heavy atom. The van der Waals surface area contributed by atoms with Crippen LogP contribution in [-0.4, -0.2) is 24.3 Å². The lowest BCUT2D eigenvalue weighted by atomic mass is 9.98. The van der Waals surface area contributed by atoms with Crippen molar-refractivity contribution in [2.75, 3.05) is 11.4 Å². The van der Waals surface area contributed by atoms with Crippen LogP contribution in [0.3, 0.4) is 0 Å². The normalized spacial score (nSPS) is 16.5. The van der Waals surface area contributed by atoms with E-state index in [1.807, 2.05) is 30.0 Å². The molecule has 1 amide bonds. The molecule has 1 unspecified atom stereocenters. The second-order valence-corrected chi connectivity index (χ2v) is 4.21. The predicted octanol–water partition coefficient (Wildman–Crippen LogP) is 1.34. The van der Waals surface area contributed by atoms with E-state index in [1.165, 1.54) is 0 Å². The number of hydrogen-bond donors (Lipinski definition) is 1. The number of fused-ring (bicyclic) bond motifs is 1. The van der Waals surface area contributed by atoms with Gasteiger partial charge in [0.15, 0.2) is 5.78 Å². The lowest BCUT2D eigenvalue weighted by Gasteiger charge is -2.35. The van der Waals surface area contributed by atoms with Crippen molar-refractivity contribution in [2.45, 2.75) is 25.8 Å². The van der Waals surface area contributed by atoms with Crippen molar-refractivity contribution in [3.63, 3.8) is 0 Å². The summed E-state index contributed by atoms with van der Waals surface area (Å²) in [5, 5.41) is 0. The lowest BCUT2D eigenvalue weighted by Crippen LogP contribution is -2.47. The third-order valence-corrected chi connectivity index (χ3v) is 3.19. The summed E-state index contributed by atoms with van der Waals surface area (Å²) in [6, 6.07) is 7.06. The molecule has 0 spiro atoms. The Hall–Kier alpha value is -1.84. The average Bonchev–Trinajstić information content (AvgIpc) is 2.33. The molecule has 1 aromatic carbocycles. The standard InChI is InChI=1S/C13H16N2O2/c1-2-10(13(14)17)15-8-7-12(16)9-5-3-4-6-11(9)15/h3-6,10H,2,7-8H2,1H3,(H2,14,17). The number of amides is 1. The molecule has 1 heterocycles. The molecule has 1 atom stereocenters. The quantitative estimate of drug-likeness (QED) is 0.855. The molecule has 4 heteroatoms. The number of anilines is 1. The van der Waals surface area contributed by atoms with Gasteiger partial charge in [-0.2, -0.15) is 0 Å². The minimum absolute atomic E-state index is 0.135. The Kier molecular flexibility index (Phi) is 3.13. The van der Waals surface area contributed by atoms with Crippen LogP contribution in [0, 0.1) is 0 Å². The molecule has 1 aliphatic rings. The first-order valence-corrected chi connectivity index (χ1v) is 5.83. The molecule has 0 aromatic heterocycles. The van der Waals surface area contributed by atoms with E-state index in [-0.39, 0.29) is 17.7 Å². The van der Waals surface area contributed by atoms with Crippen LogP contribution in [0.15, 0.2) is 24.3 Å². The molecule has 17 heavy (non-hydrogen) atoms. The SMILES string of the molecule is CCC(C(N)=O)N1CCC(=O)c2ccccc21. The first kappa shape index (κ1) is 11.6. The molecule has 4 nitrogen and oxygen atoms in total. The number of nitrogens with zero attached hydrogens (tertiary/aromatic N) is 1. The molecule has 90 valence electrons. The van der Waals surface area contributed by atoms with E-state index in [0.29, 0.717) is 24.9 Å². The fraction of sp³-hybridized carbons (Fsp3) is 0.385. The number of carbonyl (C=O) groups excluding carboxylic acids is 2. The Balaban J connectivity index is 2.42. The summed E-state index contributed by atoms with van der Waals surface area (Å²) >= 11 is 0. The van der Waals surface area contributed by atoms with Crippen LogP contribution in [-0.2, 0) is 4.79 Å². The number of Topliss-reactive ketones (excluding diaryl/α,β-unsaturated/α-hetero) is 1. The first-order valence-electron chi connectivity index (χ1n) is 5.83. The molecule has 0 saturated carbocycles. The van der Waals surface area contributed by atoms with Crippen molar-refractivity contribution in [1.29, 1.82) is 0 Å². The van der Waals surface area contributed by atoms with Crippen LogP contribution in [0.2, 0.25) is 0 Å². The maximum Gasteiger partial charge on any atom is 0.240 e. The zero-order valence-electron chi connectivity index (χ0n) is 9.85. The van der Waals surface area contributed by atoms with Gasteiger partial charge in [-0.05, 0) is 18.6 Å². The largest absolute Gasteiger partial charge is 0.368 e. The summed E-state index contributed by atoms with van der Waals surface area (Å²) in [7, 11) is 0. The maximum atomic E-state index is 11.8. The topological polar surface area (TPSA) is 63.4 Å². The molecule has 0 radical (unpaired) electrons. The molecular formula is C13H16N2O2. The Labute approximate surface area is 100 Å². The van der Waals surface area contributed by atoms with Crippen LogP contribution in [0.25, 0.3) is 0 Å². The highest BCUT2D eigenvalue weighted by molar-refractivity contribution is 6.04. The van der Waals surface area contributed by atoms with Crippen molar-refractivity contribution < 1.29 is 9.59 Å². The zero-order chi connectivity index (χ0) is 12.4. The minimum atomic E-state index is -0.336. The number of para-hydroxylation sites is 1. The fourth-order valence-corrected chi connectivity index (χ4v) is 2.34. The average molecular weight is 232 g/mol. The van der Waals surface area contributed by atoms with Gasteiger partial charge < -0.3 is 10.6 Å². The van der Waals surface area contributed by atoms with E-state index in [4.69, 9.17) is 5.73 Å².